The number of sulfone groups is 1. The number of aromatic amines is 1. The number of carbonyl (C=O) groups is 1. The van der Waals surface area contributed by atoms with Crippen LogP contribution in [0, 0.1) is 0 Å². The number of H-pyrrole nitrogens is 1. The first-order chi connectivity index (χ1) is 9.63. The fourth-order valence-corrected chi connectivity index (χ4v) is 3.50. The predicted octanol–water partition coefficient (Wildman–Crippen LogP) is 2.21. The number of aromatic nitrogens is 2. The molecule has 0 radical (unpaired) electrons. The number of pyridine rings is 1. The minimum atomic E-state index is -3.64. The Balaban J connectivity index is 2.29. The fourth-order valence-electron chi connectivity index (χ4n) is 2.05. The molecular formula is C14H10N2O3S. The largest absolute Gasteiger partial charge is 0.337 e. The quantitative estimate of drug-likeness (QED) is 0.749. The van der Waals surface area contributed by atoms with Crippen molar-refractivity contribution in [1.29, 1.82) is 0 Å². The topological polar surface area (TPSA) is 79.9 Å². The SMILES string of the molecule is O=Cc1cc2c(S(=O)(=O)c3ccccc3)ccnc2[nH]1. The van der Waals surface area contributed by atoms with E-state index in [0.717, 1.165) is 0 Å². The van der Waals surface area contributed by atoms with Gasteiger partial charge in [0.1, 0.15) is 5.65 Å². The third kappa shape index (κ3) is 1.90. The molecule has 2 heterocycles. The molecule has 0 amide bonds. The Morgan fingerprint density at radius 1 is 1.10 bits per heavy atom. The summed E-state index contributed by atoms with van der Waals surface area (Å²) < 4.78 is 25.2. The third-order valence-electron chi connectivity index (χ3n) is 2.98. The van der Waals surface area contributed by atoms with Gasteiger partial charge >= 0.3 is 0 Å². The molecule has 0 saturated carbocycles. The highest BCUT2D eigenvalue weighted by atomic mass is 32.2. The second-order valence-corrected chi connectivity index (χ2v) is 6.15. The van der Waals surface area contributed by atoms with E-state index in [1.807, 2.05) is 0 Å². The van der Waals surface area contributed by atoms with E-state index in [-0.39, 0.29) is 9.79 Å². The summed E-state index contributed by atoms with van der Waals surface area (Å²) in [5, 5.41) is 0.415. The van der Waals surface area contributed by atoms with E-state index in [4.69, 9.17) is 0 Å². The third-order valence-corrected chi connectivity index (χ3v) is 4.81. The van der Waals surface area contributed by atoms with Crippen LogP contribution in [0.15, 0.2) is 58.5 Å². The zero-order valence-corrected chi connectivity index (χ0v) is 11.1. The average Bonchev–Trinajstić information content (AvgIpc) is 2.91. The Bertz CT molecular complexity index is 883. The second kappa shape index (κ2) is 4.57. The van der Waals surface area contributed by atoms with Crippen molar-refractivity contribution in [2.24, 2.45) is 0 Å². The highest BCUT2D eigenvalue weighted by molar-refractivity contribution is 7.91. The molecular weight excluding hydrogens is 276 g/mol. The van der Waals surface area contributed by atoms with Gasteiger partial charge in [0.15, 0.2) is 6.29 Å². The molecule has 0 atom stereocenters. The van der Waals surface area contributed by atoms with Crippen LogP contribution in [-0.2, 0) is 9.84 Å². The van der Waals surface area contributed by atoms with Gasteiger partial charge in [0.05, 0.1) is 15.5 Å². The molecule has 20 heavy (non-hydrogen) atoms. The predicted molar refractivity (Wildman–Crippen MR) is 73.4 cm³/mol. The molecule has 3 rings (SSSR count). The molecule has 0 saturated heterocycles. The van der Waals surface area contributed by atoms with Crippen LogP contribution in [0.4, 0.5) is 0 Å². The molecule has 0 unspecified atom stereocenters. The van der Waals surface area contributed by atoms with E-state index < -0.39 is 9.84 Å². The van der Waals surface area contributed by atoms with E-state index in [1.165, 1.54) is 30.5 Å². The zero-order chi connectivity index (χ0) is 14.2. The maximum atomic E-state index is 12.6. The summed E-state index contributed by atoms with van der Waals surface area (Å²) >= 11 is 0. The van der Waals surface area contributed by atoms with Crippen LogP contribution < -0.4 is 0 Å². The smallest absolute Gasteiger partial charge is 0.207 e. The van der Waals surface area contributed by atoms with Crippen molar-refractivity contribution in [3.8, 4) is 0 Å². The van der Waals surface area contributed by atoms with Gasteiger partial charge in [-0.1, -0.05) is 18.2 Å². The number of rotatable bonds is 3. The molecule has 100 valence electrons. The maximum Gasteiger partial charge on any atom is 0.207 e. The van der Waals surface area contributed by atoms with Crippen LogP contribution in [0.3, 0.4) is 0 Å². The first kappa shape index (κ1) is 12.6. The zero-order valence-electron chi connectivity index (χ0n) is 10.3. The lowest BCUT2D eigenvalue weighted by molar-refractivity contribution is 0.111. The van der Waals surface area contributed by atoms with Gasteiger partial charge in [-0.15, -0.1) is 0 Å². The molecule has 2 aromatic heterocycles. The first-order valence-corrected chi connectivity index (χ1v) is 7.34. The molecule has 1 N–H and O–H groups in total. The Morgan fingerprint density at radius 2 is 1.85 bits per heavy atom. The van der Waals surface area contributed by atoms with Crippen molar-refractivity contribution in [3.63, 3.8) is 0 Å². The van der Waals surface area contributed by atoms with E-state index in [1.54, 1.807) is 18.2 Å². The van der Waals surface area contributed by atoms with Crippen molar-refractivity contribution in [3.05, 3.63) is 54.4 Å². The van der Waals surface area contributed by atoms with Crippen molar-refractivity contribution in [2.45, 2.75) is 9.79 Å². The van der Waals surface area contributed by atoms with E-state index in [0.29, 0.717) is 23.0 Å². The molecule has 0 aliphatic heterocycles. The first-order valence-electron chi connectivity index (χ1n) is 5.86. The van der Waals surface area contributed by atoms with Crippen LogP contribution in [0.25, 0.3) is 11.0 Å². The van der Waals surface area contributed by atoms with Crippen LogP contribution >= 0.6 is 0 Å². The second-order valence-electron chi connectivity index (χ2n) is 4.23. The summed E-state index contributed by atoms with van der Waals surface area (Å²) in [5.74, 6) is 0. The normalized spacial score (nSPS) is 11.6. The van der Waals surface area contributed by atoms with Gasteiger partial charge in [-0.05, 0) is 24.3 Å². The number of nitrogens with zero attached hydrogens (tertiary/aromatic N) is 1. The number of fused-ring (bicyclic) bond motifs is 1. The highest BCUT2D eigenvalue weighted by Crippen LogP contribution is 2.27. The lowest BCUT2D eigenvalue weighted by Gasteiger charge is -2.05. The fraction of sp³-hybridized carbons (Fsp3) is 0. The van der Waals surface area contributed by atoms with Gasteiger partial charge in [0.25, 0.3) is 0 Å². The number of hydrogen-bond donors (Lipinski definition) is 1. The minimum absolute atomic E-state index is 0.137. The van der Waals surface area contributed by atoms with Crippen LogP contribution in [0.2, 0.25) is 0 Å². The summed E-state index contributed by atoms with van der Waals surface area (Å²) in [4.78, 5) is 17.9. The van der Waals surface area contributed by atoms with Crippen LogP contribution in [0.1, 0.15) is 10.5 Å². The minimum Gasteiger partial charge on any atom is -0.337 e. The van der Waals surface area contributed by atoms with Crippen molar-refractivity contribution in [1.82, 2.24) is 9.97 Å². The molecule has 0 fully saturated rings. The standard InChI is InChI=1S/C14H10N2O3S/c17-9-10-8-12-13(6-7-15-14(12)16-10)20(18,19)11-4-2-1-3-5-11/h1-9H,(H,15,16). The van der Waals surface area contributed by atoms with E-state index in [2.05, 4.69) is 9.97 Å². The number of benzene rings is 1. The Kier molecular flexibility index (Phi) is 2.87. The lowest BCUT2D eigenvalue weighted by atomic mass is 10.3. The molecule has 1 aromatic carbocycles. The molecule has 0 spiro atoms. The van der Waals surface area contributed by atoms with E-state index >= 15 is 0 Å². The molecule has 6 heteroatoms. The number of aldehydes is 1. The number of hydrogen-bond acceptors (Lipinski definition) is 4. The molecule has 0 aliphatic carbocycles. The van der Waals surface area contributed by atoms with Crippen LogP contribution in [0.5, 0.6) is 0 Å². The van der Waals surface area contributed by atoms with Gasteiger partial charge in [0, 0.05) is 11.6 Å². The van der Waals surface area contributed by atoms with Gasteiger partial charge in [-0.3, -0.25) is 4.79 Å². The van der Waals surface area contributed by atoms with Crippen molar-refractivity contribution >= 4 is 27.2 Å². The Hall–Kier alpha value is -2.47. The molecule has 0 aliphatic rings. The van der Waals surface area contributed by atoms with Gasteiger partial charge in [-0.2, -0.15) is 0 Å². The Morgan fingerprint density at radius 3 is 2.55 bits per heavy atom. The molecule has 3 aromatic rings. The number of carbonyl (C=O) groups excluding carboxylic acids is 1. The summed E-state index contributed by atoms with van der Waals surface area (Å²) in [6, 6.07) is 11.1. The summed E-state index contributed by atoms with van der Waals surface area (Å²) in [5.41, 5.74) is 0.673. The van der Waals surface area contributed by atoms with Gasteiger partial charge < -0.3 is 4.98 Å². The summed E-state index contributed by atoms with van der Waals surface area (Å²) in [6.07, 6.45) is 2.03. The summed E-state index contributed by atoms with van der Waals surface area (Å²) in [6.45, 7) is 0. The highest BCUT2D eigenvalue weighted by Gasteiger charge is 2.21. The molecule has 5 nitrogen and oxygen atoms in total. The van der Waals surface area contributed by atoms with Gasteiger partial charge in [-0.25, -0.2) is 13.4 Å². The monoisotopic (exact) mass is 286 g/mol. The molecule has 0 bridgehead atoms. The lowest BCUT2D eigenvalue weighted by Crippen LogP contribution is -2.02. The average molecular weight is 286 g/mol. The number of nitrogens with one attached hydrogen (secondary N) is 1. The maximum absolute atomic E-state index is 12.6. The van der Waals surface area contributed by atoms with Crippen molar-refractivity contribution < 1.29 is 13.2 Å². The van der Waals surface area contributed by atoms with E-state index in [9.17, 15) is 13.2 Å². The van der Waals surface area contributed by atoms with Crippen LogP contribution in [-0.4, -0.2) is 24.7 Å². The van der Waals surface area contributed by atoms with Crippen molar-refractivity contribution in [2.75, 3.05) is 0 Å². The van der Waals surface area contributed by atoms with Gasteiger partial charge in [0.2, 0.25) is 9.84 Å². The summed E-state index contributed by atoms with van der Waals surface area (Å²) in [7, 11) is -3.64. The Labute approximate surface area is 115 Å².